The average Bonchev–Trinajstić information content (AvgIpc) is 2.67. The summed E-state index contributed by atoms with van der Waals surface area (Å²) in [6.07, 6.45) is 1.77. The van der Waals surface area contributed by atoms with E-state index in [9.17, 15) is 0 Å². The minimum absolute atomic E-state index is 0.641. The lowest BCUT2D eigenvalue weighted by Gasteiger charge is -2.07. The van der Waals surface area contributed by atoms with Crippen LogP contribution in [-0.4, -0.2) is 16.3 Å². The van der Waals surface area contributed by atoms with E-state index in [0.717, 1.165) is 30.0 Å². The quantitative estimate of drug-likeness (QED) is 0.929. The number of rotatable bonds is 4. The summed E-state index contributed by atoms with van der Waals surface area (Å²) in [4.78, 5) is 0. The van der Waals surface area contributed by atoms with Gasteiger partial charge in [-0.05, 0) is 31.2 Å². The molecule has 0 aliphatic heterocycles. The second-order valence-corrected chi connectivity index (χ2v) is 4.89. The van der Waals surface area contributed by atoms with Gasteiger partial charge in [0.1, 0.15) is 0 Å². The third kappa shape index (κ3) is 2.86. The molecular formula is C13H15Cl2N3. The fourth-order valence-electron chi connectivity index (χ4n) is 1.68. The van der Waals surface area contributed by atoms with Crippen LogP contribution in [0.25, 0.3) is 5.69 Å². The molecule has 0 amide bonds. The summed E-state index contributed by atoms with van der Waals surface area (Å²) >= 11 is 12.3. The average molecular weight is 284 g/mol. The molecule has 0 saturated heterocycles. The van der Waals surface area contributed by atoms with Crippen molar-refractivity contribution < 1.29 is 0 Å². The van der Waals surface area contributed by atoms with E-state index in [4.69, 9.17) is 23.2 Å². The lowest BCUT2D eigenvalue weighted by Crippen LogP contribution is -2.11. The van der Waals surface area contributed by atoms with Crippen LogP contribution in [-0.2, 0) is 6.54 Å². The van der Waals surface area contributed by atoms with Crippen molar-refractivity contribution in [1.29, 1.82) is 0 Å². The monoisotopic (exact) mass is 283 g/mol. The van der Waals surface area contributed by atoms with Gasteiger partial charge in [-0.15, -0.1) is 0 Å². The smallest absolute Gasteiger partial charge is 0.0832 e. The van der Waals surface area contributed by atoms with Crippen LogP contribution in [0.1, 0.15) is 18.2 Å². The number of nitrogens with zero attached hydrogens (tertiary/aromatic N) is 2. The third-order valence-electron chi connectivity index (χ3n) is 2.68. The van der Waals surface area contributed by atoms with Gasteiger partial charge in [0.25, 0.3) is 0 Å². The summed E-state index contributed by atoms with van der Waals surface area (Å²) < 4.78 is 1.71. The Morgan fingerprint density at radius 2 is 2.06 bits per heavy atom. The molecule has 0 saturated carbocycles. The highest BCUT2D eigenvalue weighted by Gasteiger charge is 2.08. The largest absolute Gasteiger partial charge is 0.313 e. The number of hydrogen-bond acceptors (Lipinski definition) is 2. The molecule has 0 unspecified atom stereocenters. The zero-order chi connectivity index (χ0) is 13.1. The SMILES string of the molecule is CCNCc1ccc(-n2cc(Cl)c(C)n2)c(Cl)c1. The van der Waals surface area contributed by atoms with E-state index in [1.165, 1.54) is 0 Å². The first-order valence-corrected chi connectivity index (χ1v) is 6.58. The Labute approximate surface area is 117 Å². The van der Waals surface area contributed by atoms with Crippen LogP contribution in [0.4, 0.5) is 0 Å². The van der Waals surface area contributed by atoms with Gasteiger partial charge in [-0.3, -0.25) is 0 Å². The van der Waals surface area contributed by atoms with E-state index in [0.29, 0.717) is 10.0 Å². The molecule has 0 radical (unpaired) electrons. The Hall–Kier alpha value is -1.03. The maximum absolute atomic E-state index is 6.27. The van der Waals surface area contributed by atoms with Crippen LogP contribution in [0, 0.1) is 6.92 Å². The summed E-state index contributed by atoms with van der Waals surface area (Å²) in [5.74, 6) is 0. The lowest BCUT2D eigenvalue weighted by molar-refractivity contribution is 0.726. The molecule has 2 aromatic rings. The standard InChI is InChI=1S/C13H15Cl2N3/c1-3-16-7-10-4-5-13(11(14)6-10)18-8-12(15)9(2)17-18/h4-6,8,16H,3,7H2,1-2H3. The summed E-state index contributed by atoms with van der Waals surface area (Å²) in [5, 5.41) is 8.89. The second-order valence-electron chi connectivity index (χ2n) is 4.07. The van der Waals surface area contributed by atoms with Crippen LogP contribution in [0.3, 0.4) is 0 Å². The number of aryl methyl sites for hydroxylation is 1. The first-order valence-electron chi connectivity index (χ1n) is 5.83. The Balaban J connectivity index is 2.29. The van der Waals surface area contributed by atoms with Gasteiger partial charge in [0.2, 0.25) is 0 Å². The molecule has 0 fully saturated rings. The van der Waals surface area contributed by atoms with Gasteiger partial charge >= 0.3 is 0 Å². The maximum Gasteiger partial charge on any atom is 0.0832 e. The van der Waals surface area contributed by atoms with E-state index < -0.39 is 0 Å². The molecule has 0 atom stereocenters. The van der Waals surface area contributed by atoms with Crippen molar-refractivity contribution in [1.82, 2.24) is 15.1 Å². The Bertz CT molecular complexity index is 530. The molecule has 0 spiro atoms. The Kier molecular flexibility index (Phi) is 4.27. The van der Waals surface area contributed by atoms with Gasteiger partial charge in [0.05, 0.1) is 21.4 Å². The fourth-order valence-corrected chi connectivity index (χ4v) is 2.10. The highest BCUT2D eigenvalue weighted by atomic mass is 35.5. The maximum atomic E-state index is 6.27. The van der Waals surface area contributed by atoms with Crippen molar-refractivity contribution in [3.63, 3.8) is 0 Å². The van der Waals surface area contributed by atoms with Crippen LogP contribution < -0.4 is 5.32 Å². The minimum Gasteiger partial charge on any atom is -0.313 e. The molecule has 1 aromatic heterocycles. The first kappa shape index (κ1) is 13.4. The van der Waals surface area contributed by atoms with Crippen LogP contribution >= 0.6 is 23.2 Å². The summed E-state index contributed by atoms with van der Waals surface area (Å²) in [7, 11) is 0. The zero-order valence-corrected chi connectivity index (χ0v) is 11.9. The van der Waals surface area contributed by atoms with Crippen molar-refractivity contribution in [2.24, 2.45) is 0 Å². The van der Waals surface area contributed by atoms with Gasteiger partial charge in [-0.1, -0.05) is 36.2 Å². The van der Waals surface area contributed by atoms with Crippen molar-refractivity contribution in [3.05, 3.63) is 45.7 Å². The molecule has 3 nitrogen and oxygen atoms in total. The molecule has 0 aliphatic rings. The molecule has 1 heterocycles. The Morgan fingerprint density at radius 1 is 1.28 bits per heavy atom. The van der Waals surface area contributed by atoms with Crippen LogP contribution in [0.5, 0.6) is 0 Å². The van der Waals surface area contributed by atoms with Gasteiger partial charge in [-0.2, -0.15) is 5.10 Å². The number of halogens is 2. The number of aromatic nitrogens is 2. The van der Waals surface area contributed by atoms with Crippen molar-refractivity contribution in [2.45, 2.75) is 20.4 Å². The highest BCUT2D eigenvalue weighted by molar-refractivity contribution is 6.32. The topological polar surface area (TPSA) is 29.9 Å². The fraction of sp³-hybridized carbons (Fsp3) is 0.308. The second kappa shape index (κ2) is 5.74. The van der Waals surface area contributed by atoms with E-state index in [2.05, 4.69) is 17.3 Å². The summed E-state index contributed by atoms with van der Waals surface area (Å²) in [6, 6.07) is 5.94. The van der Waals surface area contributed by atoms with Crippen molar-refractivity contribution in [2.75, 3.05) is 6.54 Å². The van der Waals surface area contributed by atoms with Gasteiger partial charge in [-0.25, -0.2) is 4.68 Å². The molecule has 0 bridgehead atoms. The lowest BCUT2D eigenvalue weighted by atomic mass is 10.2. The molecule has 1 N–H and O–H groups in total. The molecule has 0 aliphatic carbocycles. The molecule has 18 heavy (non-hydrogen) atoms. The number of nitrogens with one attached hydrogen (secondary N) is 1. The predicted octanol–water partition coefficient (Wildman–Crippen LogP) is 3.60. The van der Waals surface area contributed by atoms with E-state index >= 15 is 0 Å². The molecule has 96 valence electrons. The van der Waals surface area contributed by atoms with Crippen LogP contribution in [0.2, 0.25) is 10.0 Å². The first-order chi connectivity index (χ1) is 8.61. The number of hydrogen-bond donors (Lipinski definition) is 1. The Morgan fingerprint density at radius 3 is 2.61 bits per heavy atom. The van der Waals surface area contributed by atoms with Crippen molar-refractivity contribution >= 4 is 23.2 Å². The molecule has 2 rings (SSSR count). The highest BCUT2D eigenvalue weighted by Crippen LogP contribution is 2.24. The zero-order valence-electron chi connectivity index (χ0n) is 10.4. The van der Waals surface area contributed by atoms with Crippen molar-refractivity contribution in [3.8, 4) is 5.69 Å². The van der Waals surface area contributed by atoms with Gasteiger partial charge in [0, 0.05) is 12.7 Å². The minimum atomic E-state index is 0.641. The van der Waals surface area contributed by atoms with E-state index in [1.807, 2.05) is 25.1 Å². The normalized spacial score (nSPS) is 10.9. The summed E-state index contributed by atoms with van der Waals surface area (Å²) in [5.41, 5.74) is 2.79. The molecule has 1 aromatic carbocycles. The molecular weight excluding hydrogens is 269 g/mol. The third-order valence-corrected chi connectivity index (χ3v) is 3.35. The van der Waals surface area contributed by atoms with E-state index in [1.54, 1.807) is 10.9 Å². The van der Waals surface area contributed by atoms with Gasteiger partial charge < -0.3 is 5.32 Å². The van der Waals surface area contributed by atoms with E-state index in [-0.39, 0.29) is 0 Å². The summed E-state index contributed by atoms with van der Waals surface area (Å²) in [6.45, 7) is 5.69. The number of benzene rings is 1. The predicted molar refractivity (Wildman–Crippen MR) is 75.7 cm³/mol. The molecule has 5 heteroatoms. The van der Waals surface area contributed by atoms with Gasteiger partial charge in [0.15, 0.2) is 0 Å². The van der Waals surface area contributed by atoms with Crippen LogP contribution in [0.15, 0.2) is 24.4 Å².